The van der Waals surface area contributed by atoms with Crippen LogP contribution in [0, 0.1) is 0 Å². The van der Waals surface area contributed by atoms with Gasteiger partial charge in [-0.1, -0.05) is 0 Å². The molecule has 4 heteroatoms. The van der Waals surface area contributed by atoms with Gasteiger partial charge in [0.1, 0.15) is 0 Å². The minimum atomic E-state index is -1.95. The van der Waals surface area contributed by atoms with Crippen molar-refractivity contribution in [3.05, 3.63) is 71.3 Å². The van der Waals surface area contributed by atoms with E-state index in [1.165, 1.54) is 29.7 Å². The van der Waals surface area contributed by atoms with Crippen molar-refractivity contribution >= 4 is 27.7 Å². The van der Waals surface area contributed by atoms with Gasteiger partial charge >= 0.3 is 211 Å². The Bertz CT molecular complexity index is 977. The molecule has 0 atom stereocenters. The van der Waals surface area contributed by atoms with Crippen LogP contribution in [0.25, 0.3) is 0 Å². The van der Waals surface area contributed by atoms with Crippen molar-refractivity contribution in [3.63, 3.8) is 0 Å². The average Bonchev–Trinajstić information content (AvgIpc) is 2.84. The van der Waals surface area contributed by atoms with Gasteiger partial charge in [0.05, 0.1) is 0 Å². The Morgan fingerprint density at radius 2 is 0.735 bits per heavy atom. The van der Waals surface area contributed by atoms with E-state index in [0.29, 0.717) is 17.8 Å². The van der Waals surface area contributed by atoms with E-state index in [1.54, 1.807) is 21.3 Å². The standard InChI is InChI=1S/C30H39AsO3/c1-19(2)25-16-22(32-7)10-13-28(25)31(29-14-11-23(33-8)17-26(29)20(3)4)30-15-12-24(34-9)18-27(30)21(5)6/h10-21H,1-9H3. The van der Waals surface area contributed by atoms with E-state index in [0.717, 1.165) is 17.2 Å². The molecule has 0 spiro atoms. The summed E-state index contributed by atoms with van der Waals surface area (Å²) >= 11 is -1.95. The van der Waals surface area contributed by atoms with Gasteiger partial charge in [-0.05, 0) is 0 Å². The predicted molar refractivity (Wildman–Crippen MR) is 146 cm³/mol. The first-order valence-corrected chi connectivity index (χ1v) is 14.9. The Balaban J connectivity index is 2.41. The van der Waals surface area contributed by atoms with Gasteiger partial charge in [-0.3, -0.25) is 0 Å². The molecule has 0 unspecified atom stereocenters. The van der Waals surface area contributed by atoms with Crippen LogP contribution in [0.5, 0.6) is 17.2 Å². The molecule has 182 valence electrons. The van der Waals surface area contributed by atoms with E-state index in [4.69, 9.17) is 14.2 Å². The Kier molecular flexibility index (Phi) is 8.77. The van der Waals surface area contributed by atoms with Crippen molar-refractivity contribution in [2.75, 3.05) is 21.3 Å². The number of hydrogen-bond donors (Lipinski definition) is 0. The summed E-state index contributed by atoms with van der Waals surface area (Å²) in [4.78, 5) is 0. The summed E-state index contributed by atoms with van der Waals surface area (Å²) in [6.45, 7) is 13.7. The second kappa shape index (κ2) is 11.4. The van der Waals surface area contributed by atoms with Gasteiger partial charge in [-0.25, -0.2) is 0 Å². The normalized spacial score (nSPS) is 11.6. The Morgan fingerprint density at radius 1 is 0.471 bits per heavy atom. The first-order valence-electron chi connectivity index (χ1n) is 12.1. The maximum atomic E-state index is 5.62. The van der Waals surface area contributed by atoms with Crippen LogP contribution in [-0.2, 0) is 0 Å². The summed E-state index contributed by atoms with van der Waals surface area (Å²) in [5.41, 5.74) is 4.11. The number of rotatable bonds is 9. The van der Waals surface area contributed by atoms with Crippen LogP contribution in [-0.4, -0.2) is 36.0 Å². The van der Waals surface area contributed by atoms with Crippen LogP contribution in [0.1, 0.15) is 76.0 Å². The molecule has 0 bridgehead atoms. The van der Waals surface area contributed by atoms with Crippen molar-refractivity contribution in [1.29, 1.82) is 0 Å². The van der Waals surface area contributed by atoms with Crippen LogP contribution in [0.3, 0.4) is 0 Å². The van der Waals surface area contributed by atoms with Gasteiger partial charge in [-0.15, -0.1) is 0 Å². The molecule has 0 saturated carbocycles. The van der Waals surface area contributed by atoms with Crippen LogP contribution >= 0.6 is 0 Å². The summed E-state index contributed by atoms with van der Waals surface area (Å²) in [7, 11) is 5.24. The Morgan fingerprint density at radius 3 is 0.941 bits per heavy atom. The molecule has 0 saturated heterocycles. The first kappa shape index (κ1) is 26.2. The van der Waals surface area contributed by atoms with Gasteiger partial charge in [0.2, 0.25) is 0 Å². The van der Waals surface area contributed by atoms with E-state index >= 15 is 0 Å². The Labute approximate surface area is 210 Å². The van der Waals surface area contributed by atoms with E-state index in [9.17, 15) is 0 Å². The zero-order valence-corrected chi connectivity index (χ0v) is 24.0. The van der Waals surface area contributed by atoms with Crippen molar-refractivity contribution in [3.8, 4) is 17.2 Å². The number of ether oxygens (including phenoxy) is 3. The molecule has 0 fully saturated rings. The fourth-order valence-electron chi connectivity index (χ4n) is 4.37. The van der Waals surface area contributed by atoms with Crippen molar-refractivity contribution < 1.29 is 14.2 Å². The van der Waals surface area contributed by atoms with Crippen LogP contribution in [0.2, 0.25) is 0 Å². The molecule has 3 aromatic rings. The molecule has 0 heterocycles. The van der Waals surface area contributed by atoms with Gasteiger partial charge in [0.15, 0.2) is 0 Å². The molecule has 34 heavy (non-hydrogen) atoms. The molecule has 0 aromatic heterocycles. The van der Waals surface area contributed by atoms with Gasteiger partial charge in [0, 0.05) is 0 Å². The summed E-state index contributed by atoms with van der Waals surface area (Å²) in [5.74, 6) is 3.92. The molecule has 0 N–H and O–H groups in total. The van der Waals surface area contributed by atoms with Gasteiger partial charge in [-0.2, -0.15) is 0 Å². The molecular weight excluding hydrogens is 483 g/mol. The quantitative estimate of drug-likeness (QED) is 0.343. The molecule has 0 amide bonds. The third kappa shape index (κ3) is 5.47. The Hall–Kier alpha value is -2.38. The maximum absolute atomic E-state index is 5.62. The van der Waals surface area contributed by atoms with Crippen LogP contribution < -0.4 is 27.3 Å². The van der Waals surface area contributed by atoms with E-state index in [2.05, 4.69) is 96.1 Å². The van der Waals surface area contributed by atoms with Crippen molar-refractivity contribution in [2.45, 2.75) is 59.3 Å². The second-order valence-corrected chi connectivity index (χ2v) is 14.0. The molecular formula is C30H39AsO3. The minimum absolute atomic E-state index is 0.392. The van der Waals surface area contributed by atoms with Gasteiger partial charge < -0.3 is 0 Å². The zero-order valence-electron chi connectivity index (χ0n) is 22.1. The molecule has 0 aliphatic carbocycles. The average molecular weight is 523 g/mol. The fourth-order valence-corrected chi connectivity index (χ4v) is 11.1. The summed E-state index contributed by atoms with van der Waals surface area (Å²) in [6, 6.07) is 20.0. The van der Waals surface area contributed by atoms with Gasteiger partial charge in [0.25, 0.3) is 0 Å². The number of benzene rings is 3. The second-order valence-electron chi connectivity index (χ2n) is 9.57. The SMILES string of the molecule is COc1ccc([As](c2ccc(OC)cc2C(C)C)c2ccc(OC)cc2C(C)C)c(C(C)C)c1. The molecule has 0 aliphatic heterocycles. The topological polar surface area (TPSA) is 27.7 Å². The fraction of sp³-hybridized carbons (Fsp3) is 0.400. The third-order valence-electron chi connectivity index (χ3n) is 6.29. The zero-order chi connectivity index (χ0) is 25.0. The third-order valence-corrected chi connectivity index (χ3v) is 11.9. The van der Waals surface area contributed by atoms with Crippen LogP contribution in [0.4, 0.5) is 0 Å². The molecule has 3 nitrogen and oxygen atoms in total. The van der Waals surface area contributed by atoms with Crippen molar-refractivity contribution in [2.24, 2.45) is 0 Å². The molecule has 0 radical (unpaired) electrons. The first-order chi connectivity index (χ1) is 16.2. The van der Waals surface area contributed by atoms with E-state index < -0.39 is 14.7 Å². The summed E-state index contributed by atoms with van der Waals surface area (Å²) in [5, 5.41) is 0. The predicted octanol–water partition coefficient (Wildman–Crippen LogP) is 5.60. The summed E-state index contributed by atoms with van der Waals surface area (Å²) in [6.07, 6.45) is 0. The molecule has 3 rings (SSSR count). The van der Waals surface area contributed by atoms with Crippen LogP contribution in [0.15, 0.2) is 54.6 Å². The monoisotopic (exact) mass is 522 g/mol. The number of methoxy groups -OCH3 is 3. The van der Waals surface area contributed by atoms with E-state index in [-0.39, 0.29) is 0 Å². The molecule has 3 aromatic carbocycles. The van der Waals surface area contributed by atoms with E-state index in [1.807, 2.05) is 0 Å². The number of hydrogen-bond acceptors (Lipinski definition) is 3. The van der Waals surface area contributed by atoms with Crippen molar-refractivity contribution in [1.82, 2.24) is 0 Å². The summed E-state index contributed by atoms with van der Waals surface area (Å²) < 4.78 is 21.2. The molecule has 0 aliphatic rings.